The summed E-state index contributed by atoms with van der Waals surface area (Å²) in [5, 5.41) is 20.8. The fraction of sp³-hybridized carbons (Fsp3) is 0.520. The number of rotatable bonds is 4. The number of esters is 1. The molecule has 0 saturated heterocycles. The van der Waals surface area contributed by atoms with E-state index in [1.54, 1.807) is 13.8 Å². The Kier molecular flexibility index (Phi) is 5.97. The molecular formula is C25H29NO4. The normalized spacial score (nSPS) is 20.7. The van der Waals surface area contributed by atoms with E-state index in [1.807, 2.05) is 38.1 Å². The SMILES string of the molecule is CC1(C)OC(=O)C=C(CC(O)(C#Cc2ccc(C(C)(C)C#N)cc2)C2CCCC2)O1. The zero-order chi connectivity index (χ0) is 22.0. The highest BCUT2D eigenvalue weighted by Crippen LogP contribution is 2.39. The standard InChI is InChI=1S/C25H29NO4/c1-23(2,17-26)19-11-9-18(10-12-19)13-14-25(28,20-7-5-6-8-20)16-21-15-22(27)30-24(3,4)29-21/h9-12,15,20,28H,5-8,16H2,1-4H3. The van der Waals surface area contributed by atoms with Gasteiger partial charge in [0.15, 0.2) is 0 Å². The number of nitriles is 1. The molecule has 3 rings (SSSR count). The zero-order valence-corrected chi connectivity index (χ0v) is 18.1. The number of cyclic esters (lactones) is 1. The van der Waals surface area contributed by atoms with Gasteiger partial charge in [0.25, 0.3) is 0 Å². The summed E-state index contributed by atoms with van der Waals surface area (Å²) >= 11 is 0. The Bertz CT molecular complexity index is 934. The van der Waals surface area contributed by atoms with Crippen LogP contribution in [0.2, 0.25) is 0 Å². The van der Waals surface area contributed by atoms with Gasteiger partial charge in [-0.25, -0.2) is 4.79 Å². The molecule has 1 aromatic rings. The van der Waals surface area contributed by atoms with E-state index in [1.165, 1.54) is 6.08 Å². The van der Waals surface area contributed by atoms with Crippen LogP contribution in [0.1, 0.15) is 70.9 Å². The molecule has 1 aromatic carbocycles. The molecule has 0 spiro atoms. The summed E-state index contributed by atoms with van der Waals surface area (Å²) in [7, 11) is 0. The highest BCUT2D eigenvalue weighted by molar-refractivity contribution is 5.83. The van der Waals surface area contributed by atoms with Crippen LogP contribution >= 0.6 is 0 Å². The Balaban J connectivity index is 1.87. The van der Waals surface area contributed by atoms with Gasteiger partial charge in [-0.05, 0) is 50.3 Å². The summed E-state index contributed by atoms with van der Waals surface area (Å²) in [6.07, 6.45) is 5.33. The monoisotopic (exact) mass is 407 g/mol. The third-order valence-electron chi connectivity index (χ3n) is 5.79. The molecule has 5 heteroatoms. The Hall–Kier alpha value is -2.76. The Morgan fingerprint density at radius 1 is 1.17 bits per heavy atom. The Morgan fingerprint density at radius 2 is 1.80 bits per heavy atom. The van der Waals surface area contributed by atoms with E-state index in [9.17, 15) is 15.2 Å². The number of carbonyl (C=O) groups excluding carboxylic acids is 1. The predicted molar refractivity (Wildman–Crippen MR) is 113 cm³/mol. The number of benzene rings is 1. The fourth-order valence-electron chi connectivity index (χ4n) is 4.03. The van der Waals surface area contributed by atoms with Gasteiger partial charge in [-0.2, -0.15) is 5.26 Å². The van der Waals surface area contributed by atoms with Crippen molar-refractivity contribution in [2.75, 3.05) is 0 Å². The molecule has 1 unspecified atom stereocenters. The molecule has 1 aliphatic carbocycles. The zero-order valence-electron chi connectivity index (χ0n) is 18.1. The second-order valence-corrected chi connectivity index (χ2v) is 9.18. The van der Waals surface area contributed by atoms with Crippen molar-refractivity contribution in [2.24, 2.45) is 5.92 Å². The molecule has 1 aliphatic heterocycles. The molecule has 1 fully saturated rings. The van der Waals surface area contributed by atoms with Crippen molar-refractivity contribution in [2.45, 2.75) is 76.6 Å². The van der Waals surface area contributed by atoms with Crippen LogP contribution in [0.25, 0.3) is 0 Å². The number of hydrogen-bond donors (Lipinski definition) is 1. The molecule has 30 heavy (non-hydrogen) atoms. The maximum atomic E-state index is 11.9. The maximum Gasteiger partial charge on any atom is 0.337 e. The quantitative estimate of drug-likeness (QED) is 0.593. The predicted octanol–water partition coefficient (Wildman–Crippen LogP) is 4.34. The first kappa shape index (κ1) is 21.9. The number of hydrogen-bond acceptors (Lipinski definition) is 5. The highest BCUT2D eigenvalue weighted by atomic mass is 16.7. The average Bonchev–Trinajstić information content (AvgIpc) is 3.21. The minimum absolute atomic E-state index is 0.0207. The van der Waals surface area contributed by atoms with Crippen molar-refractivity contribution in [3.63, 3.8) is 0 Å². The number of nitrogens with zero attached hydrogens (tertiary/aromatic N) is 1. The van der Waals surface area contributed by atoms with Crippen molar-refractivity contribution in [1.29, 1.82) is 5.26 Å². The second kappa shape index (κ2) is 8.17. The lowest BCUT2D eigenvalue weighted by Gasteiger charge is -2.35. The summed E-state index contributed by atoms with van der Waals surface area (Å²) < 4.78 is 10.9. The first-order chi connectivity index (χ1) is 14.0. The first-order valence-corrected chi connectivity index (χ1v) is 10.4. The minimum Gasteiger partial charge on any atom is -0.457 e. The van der Waals surface area contributed by atoms with Crippen molar-refractivity contribution < 1.29 is 19.4 Å². The van der Waals surface area contributed by atoms with Crippen LogP contribution in [-0.4, -0.2) is 22.5 Å². The third-order valence-corrected chi connectivity index (χ3v) is 5.79. The van der Waals surface area contributed by atoms with Crippen molar-refractivity contribution in [1.82, 2.24) is 0 Å². The van der Waals surface area contributed by atoms with Crippen LogP contribution in [-0.2, 0) is 19.7 Å². The van der Waals surface area contributed by atoms with Crippen molar-refractivity contribution >= 4 is 5.97 Å². The molecule has 0 radical (unpaired) electrons. The number of aliphatic hydroxyl groups is 1. The molecular weight excluding hydrogens is 378 g/mol. The van der Waals surface area contributed by atoms with Crippen LogP contribution in [0, 0.1) is 29.1 Å². The summed E-state index contributed by atoms with van der Waals surface area (Å²) in [5.74, 6) is 5.06. The molecule has 0 aromatic heterocycles. The van der Waals surface area contributed by atoms with Gasteiger partial charge >= 0.3 is 5.97 Å². The lowest BCUT2D eigenvalue weighted by Crippen LogP contribution is -2.40. The van der Waals surface area contributed by atoms with Gasteiger partial charge in [-0.15, -0.1) is 0 Å². The summed E-state index contributed by atoms with van der Waals surface area (Å²) in [5.41, 5.74) is -0.172. The van der Waals surface area contributed by atoms with Gasteiger partial charge in [0.1, 0.15) is 11.4 Å². The van der Waals surface area contributed by atoms with E-state index in [0.29, 0.717) is 5.76 Å². The molecule has 1 heterocycles. The van der Waals surface area contributed by atoms with Crippen molar-refractivity contribution in [3.05, 3.63) is 47.2 Å². The third kappa shape index (κ3) is 5.04. The molecule has 0 amide bonds. The molecule has 1 N–H and O–H groups in total. The van der Waals surface area contributed by atoms with E-state index in [2.05, 4.69) is 17.9 Å². The van der Waals surface area contributed by atoms with Gasteiger partial charge in [0.05, 0.1) is 17.6 Å². The molecule has 158 valence electrons. The molecule has 1 saturated carbocycles. The van der Waals surface area contributed by atoms with Gasteiger partial charge < -0.3 is 14.6 Å². The van der Waals surface area contributed by atoms with Crippen LogP contribution < -0.4 is 0 Å². The lowest BCUT2D eigenvalue weighted by molar-refractivity contribution is -0.207. The Labute approximate surface area is 178 Å². The van der Waals surface area contributed by atoms with E-state index < -0.39 is 22.8 Å². The van der Waals surface area contributed by atoms with E-state index in [0.717, 1.165) is 36.8 Å². The fourth-order valence-corrected chi connectivity index (χ4v) is 4.03. The van der Waals surface area contributed by atoms with Crippen LogP contribution in [0.4, 0.5) is 0 Å². The lowest BCUT2D eigenvalue weighted by atomic mass is 9.82. The van der Waals surface area contributed by atoms with E-state index >= 15 is 0 Å². The highest BCUT2D eigenvalue weighted by Gasteiger charge is 2.41. The smallest absolute Gasteiger partial charge is 0.337 e. The molecule has 1 atom stereocenters. The number of ether oxygens (including phenoxy) is 2. The van der Waals surface area contributed by atoms with Crippen LogP contribution in [0.15, 0.2) is 36.1 Å². The Morgan fingerprint density at radius 3 is 2.37 bits per heavy atom. The first-order valence-electron chi connectivity index (χ1n) is 10.4. The minimum atomic E-state index is -1.29. The summed E-state index contributed by atoms with van der Waals surface area (Å²) in [6.45, 7) is 7.08. The van der Waals surface area contributed by atoms with Crippen LogP contribution in [0.5, 0.6) is 0 Å². The molecule has 0 bridgehead atoms. The largest absolute Gasteiger partial charge is 0.457 e. The molecule has 5 nitrogen and oxygen atoms in total. The van der Waals surface area contributed by atoms with Gasteiger partial charge in [0, 0.05) is 25.8 Å². The topological polar surface area (TPSA) is 79.5 Å². The summed E-state index contributed by atoms with van der Waals surface area (Å²) in [4.78, 5) is 11.9. The van der Waals surface area contributed by atoms with Gasteiger partial charge in [-0.3, -0.25) is 0 Å². The van der Waals surface area contributed by atoms with Crippen molar-refractivity contribution in [3.8, 4) is 17.9 Å². The second-order valence-electron chi connectivity index (χ2n) is 9.18. The maximum absolute atomic E-state index is 11.9. The van der Waals surface area contributed by atoms with E-state index in [-0.39, 0.29) is 12.3 Å². The van der Waals surface area contributed by atoms with Crippen LogP contribution in [0.3, 0.4) is 0 Å². The van der Waals surface area contributed by atoms with E-state index in [4.69, 9.17) is 9.47 Å². The number of carbonyl (C=O) groups is 1. The molecule has 2 aliphatic rings. The average molecular weight is 408 g/mol. The van der Waals surface area contributed by atoms with Gasteiger partial charge in [-0.1, -0.05) is 36.8 Å². The van der Waals surface area contributed by atoms with Gasteiger partial charge in [0.2, 0.25) is 5.79 Å². The summed E-state index contributed by atoms with van der Waals surface area (Å²) in [6, 6.07) is 9.82.